The summed E-state index contributed by atoms with van der Waals surface area (Å²) in [6, 6.07) is 8.07. The zero-order valence-corrected chi connectivity index (χ0v) is 11.0. The number of aliphatic hydroxyl groups excluding tert-OH is 1. The van der Waals surface area contributed by atoms with E-state index in [9.17, 15) is 0 Å². The molecule has 2 N–H and O–H groups in total. The van der Waals surface area contributed by atoms with Gasteiger partial charge < -0.3 is 19.9 Å². The monoisotopic (exact) mass is 253 g/mol. The van der Waals surface area contributed by atoms with Gasteiger partial charge in [-0.3, -0.25) is 0 Å². The van der Waals surface area contributed by atoms with Crippen LogP contribution in [0.2, 0.25) is 0 Å². The third-order valence-corrected chi connectivity index (χ3v) is 2.56. The summed E-state index contributed by atoms with van der Waals surface area (Å²) in [4.78, 5) is 0. The first-order valence-electron chi connectivity index (χ1n) is 6.39. The molecular weight excluding hydrogens is 230 g/mol. The Kier molecular flexibility index (Phi) is 8.21. The van der Waals surface area contributed by atoms with Crippen LogP contribution in [-0.2, 0) is 11.3 Å². The Labute approximate surface area is 109 Å². The molecule has 0 heterocycles. The molecule has 4 heteroatoms. The fraction of sp³-hybridized carbons (Fsp3) is 0.571. The van der Waals surface area contributed by atoms with Gasteiger partial charge in [0.15, 0.2) is 0 Å². The van der Waals surface area contributed by atoms with Gasteiger partial charge in [-0.25, -0.2) is 0 Å². The molecule has 0 aliphatic rings. The van der Waals surface area contributed by atoms with Crippen LogP contribution in [0, 0.1) is 0 Å². The summed E-state index contributed by atoms with van der Waals surface area (Å²) in [6.45, 7) is 3.32. The van der Waals surface area contributed by atoms with Gasteiger partial charge in [-0.1, -0.05) is 12.1 Å². The number of methoxy groups -OCH3 is 1. The molecule has 0 atom stereocenters. The molecule has 0 fully saturated rings. The Hall–Kier alpha value is -1.10. The first kappa shape index (κ1) is 15.0. The normalized spacial score (nSPS) is 10.6. The van der Waals surface area contributed by atoms with Gasteiger partial charge in [0.2, 0.25) is 0 Å². The average Bonchev–Trinajstić information content (AvgIpc) is 2.41. The summed E-state index contributed by atoms with van der Waals surface area (Å²) >= 11 is 0. The third-order valence-electron chi connectivity index (χ3n) is 2.56. The minimum Gasteiger partial charge on any atom is -0.494 e. The van der Waals surface area contributed by atoms with E-state index in [1.54, 1.807) is 7.11 Å². The van der Waals surface area contributed by atoms with Gasteiger partial charge in [0.25, 0.3) is 0 Å². The number of unbranched alkanes of at least 4 members (excludes halogenated alkanes) is 1. The lowest BCUT2D eigenvalue weighted by molar-refractivity contribution is 0.199. The predicted octanol–water partition coefficient (Wildman–Crippen LogP) is 1.57. The van der Waals surface area contributed by atoms with Crippen LogP contribution in [0.1, 0.15) is 18.4 Å². The number of hydrogen-bond acceptors (Lipinski definition) is 4. The van der Waals surface area contributed by atoms with Gasteiger partial charge in [0.1, 0.15) is 5.75 Å². The zero-order chi connectivity index (χ0) is 13.1. The lowest BCUT2D eigenvalue weighted by Gasteiger charge is -2.07. The number of ether oxygens (including phenoxy) is 2. The predicted molar refractivity (Wildman–Crippen MR) is 71.8 cm³/mol. The van der Waals surface area contributed by atoms with E-state index in [0.29, 0.717) is 6.61 Å². The molecule has 4 nitrogen and oxygen atoms in total. The van der Waals surface area contributed by atoms with Gasteiger partial charge in [-0.2, -0.15) is 0 Å². The molecule has 1 rings (SSSR count). The third kappa shape index (κ3) is 6.59. The fourth-order valence-electron chi connectivity index (χ4n) is 1.51. The molecule has 0 saturated carbocycles. The summed E-state index contributed by atoms with van der Waals surface area (Å²) in [6.07, 6.45) is 1.68. The fourth-order valence-corrected chi connectivity index (χ4v) is 1.51. The molecule has 0 aliphatic carbocycles. The molecule has 0 unspecified atom stereocenters. The highest BCUT2D eigenvalue weighted by Gasteiger charge is 1.96. The van der Waals surface area contributed by atoms with Gasteiger partial charge in [0, 0.05) is 26.8 Å². The van der Waals surface area contributed by atoms with Crippen molar-refractivity contribution in [2.45, 2.75) is 19.4 Å². The van der Waals surface area contributed by atoms with Crippen LogP contribution in [0.4, 0.5) is 0 Å². The Balaban J connectivity index is 2.20. The van der Waals surface area contributed by atoms with Crippen molar-refractivity contribution < 1.29 is 14.6 Å². The molecule has 0 amide bonds. The largest absolute Gasteiger partial charge is 0.494 e. The molecule has 0 aromatic heterocycles. The van der Waals surface area contributed by atoms with E-state index < -0.39 is 0 Å². The Morgan fingerprint density at radius 2 is 1.89 bits per heavy atom. The van der Waals surface area contributed by atoms with E-state index in [-0.39, 0.29) is 6.61 Å². The molecule has 0 radical (unpaired) electrons. The van der Waals surface area contributed by atoms with Crippen LogP contribution in [-0.4, -0.2) is 38.6 Å². The highest BCUT2D eigenvalue weighted by atomic mass is 16.5. The smallest absolute Gasteiger partial charge is 0.119 e. The van der Waals surface area contributed by atoms with Crippen LogP contribution in [0.15, 0.2) is 24.3 Å². The molecule has 1 aromatic carbocycles. The van der Waals surface area contributed by atoms with Crippen LogP contribution < -0.4 is 10.1 Å². The lowest BCUT2D eigenvalue weighted by atomic mass is 10.2. The molecule has 0 aliphatic heterocycles. The van der Waals surface area contributed by atoms with Crippen molar-refractivity contribution in [1.29, 1.82) is 0 Å². The van der Waals surface area contributed by atoms with E-state index in [4.69, 9.17) is 14.6 Å². The Bertz CT molecular complexity index is 269. The van der Waals surface area contributed by atoms with Gasteiger partial charge in [-0.05, 0) is 30.5 Å². The van der Waals surface area contributed by atoms with Crippen molar-refractivity contribution in [3.63, 3.8) is 0 Å². The van der Waals surface area contributed by atoms with Gasteiger partial charge >= 0.3 is 0 Å². The molecular formula is C14H23NO3. The highest BCUT2D eigenvalue weighted by Crippen LogP contribution is 2.12. The molecule has 0 saturated heterocycles. The van der Waals surface area contributed by atoms with E-state index in [0.717, 1.165) is 38.3 Å². The van der Waals surface area contributed by atoms with Gasteiger partial charge in [-0.15, -0.1) is 0 Å². The van der Waals surface area contributed by atoms with Crippen molar-refractivity contribution in [3.8, 4) is 5.75 Å². The number of rotatable bonds is 10. The molecule has 0 spiro atoms. The van der Waals surface area contributed by atoms with Crippen LogP contribution >= 0.6 is 0 Å². The summed E-state index contributed by atoms with van der Waals surface area (Å²) in [5, 5.41) is 11.9. The van der Waals surface area contributed by atoms with Crippen LogP contribution in [0.3, 0.4) is 0 Å². The van der Waals surface area contributed by atoms with E-state index >= 15 is 0 Å². The second kappa shape index (κ2) is 9.88. The highest BCUT2D eigenvalue weighted by molar-refractivity contribution is 5.27. The van der Waals surface area contributed by atoms with Crippen LogP contribution in [0.5, 0.6) is 5.75 Å². The van der Waals surface area contributed by atoms with Crippen molar-refractivity contribution >= 4 is 0 Å². The minimum atomic E-state index is 0.232. The second-order valence-corrected chi connectivity index (χ2v) is 4.09. The second-order valence-electron chi connectivity index (χ2n) is 4.09. The SMILES string of the molecule is COCCNCc1ccc(OCCCCO)cc1. The topological polar surface area (TPSA) is 50.7 Å². The summed E-state index contributed by atoms with van der Waals surface area (Å²) in [7, 11) is 1.70. The summed E-state index contributed by atoms with van der Waals surface area (Å²) in [5.74, 6) is 0.883. The molecule has 0 bridgehead atoms. The Morgan fingerprint density at radius 3 is 2.56 bits per heavy atom. The maximum absolute atomic E-state index is 8.65. The quantitative estimate of drug-likeness (QED) is 0.622. The van der Waals surface area contributed by atoms with Crippen molar-refractivity contribution in [2.75, 3.05) is 33.5 Å². The Morgan fingerprint density at radius 1 is 1.11 bits per heavy atom. The number of nitrogens with one attached hydrogen (secondary N) is 1. The lowest BCUT2D eigenvalue weighted by Crippen LogP contribution is -2.18. The van der Waals surface area contributed by atoms with Crippen molar-refractivity contribution in [3.05, 3.63) is 29.8 Å². The molecule has 102 valence electrons. The number of benzene rings is 1. The van der Waals surface area contributed by atoms with Gasteiger partial charge in [0.05, 0.1) is 13.2 Å². The van der Waals surface area contributed by atoms with Crippen LogP contribution in [0.25, 0.3) is 0 Å². The first-order chi connectivity index (χ1) is 8.86. The molecule has 1 aromatic rings. The standard InChI is InChI=1S/C14H23NO3/c1-17-11-8-15-12-13-4-6-14(7-5-13)18-10-3-2-9-16/h4-7,15-16H,2-3,8-12H2,1H3. The van der Waals surface area contributed by atoms with Crippen molar-refractivity contribution in [1.82, 2.24) is 5.32 Å². The van der Waals surface area contributed by atoms with E-state index in [1.165, 1.54) is 5.56 Å². The number of aliphatic hydroxyl groups is 1. The zero-order valence-electron chi connectivity index (χ0n) is 11.0. The minimum absolute atomic E-state index is 0.232. The average molecular weight is 253 g/mol. The first-order valence-corrected chi connectivity index (χ1v) is 6.39. The summed E-state index contributed by atoms with van der Waals surface area (Å²) < 4.78 is 10.5. The molecule has 18 heavy (non-hydrogen) atoms. The van der Waals surface area contributed by atoms with Crippen molar-refractivity contribution in [2.24, 2.45) is 0 Å². The van der Waals surface area contributed by atoms with E-state index in [1.807, 2.05) is 12.1 Å². The maximum Gasteiger partial charge on any atom is 0.119 e. The number of hydrogen-bond donors (Lipinski definition) is 2. The van der Waals surface area contributed by atoms with E-state index in [2.05, 4.69) is 17.4 Å². The maximum atomic E-state index is 8.65. The summed E-state index contributed by atoms with van der Waals surface area (Å²) in [5.41, 5.74) is 1.23.